The van der Waals surface area contributed by atoms with E-state index in [-0.39, 0.29) is 17.7 Å². The fourth-order valence-electron chi connectivity index (χ4n) is 5.30. The van der Waals surface area contributed by atoms with Crippen LogP contribution in [0.5, 0.6) is 0 Å². The third-order valence-corrected chi connectivity index (χ3v) is 8.16. The predicted octanol–water partition coefficient (Wildman–Crippen LogP) is 3.86. The lowest BCUT2D eigenvalue weighted by Gasteiger charge is -2.39. The molecule has 4 heterocycles. The van der Waals surface area contributed by atoms with Crippen molar-refractivity contribution in [3.63, 3.8) is 0 Å². The van der Waals surface area contributed by atoms with Gasteiger partial charge in [-0.1, -0.05) is 6.42 Å². The molecule has 2 saturated heterocycles. The summed E-state index contributed by atoms with van der Waals surface area (Å²) in [5, 5.41) is 5.20. The Bertz CT molecular complexity index is 902. The van der Waals surface area contributed by atoms with E-state index in [9.17, 15) is 9.59 Å². The Morgan fingerprint density at radius 3 is 2.52 bits per heavy atom. The molecule has 0 bridgehead atoms. The Balaban J connectivity index is 1.20. The highest BCUT2D eigenvalue weighted by Crippen LogP contribution is 2.26. The summed E-state index contributed by atoms with van der Waals surface area (Å²) in [6.45, 7) is 7.75. The molecule has 0 spiro atoms. The first-order chi connectivity index (χ1) is 15.0. The number of fused-ring (bicyclic) bond motifs is 1. The average molecular weight is 445 g/mol. The van der Waals surface area contributed by atoms with Gasteiger partial charge < -0.3 is 14.8 Å². The number of piperidine rings is 2. The summed E-state index contributed by atoms with van der Waals surface area (Å²) in [5.41, 5.74) is 1.85. The second-order valence-corrected chi connectivity index (χ2v) is 10.3. The van der Waals surface area contributed by atoms with E-state index < -0.39 is 0 Å². The van der Waals surface area contributed by atoms with Crippen molar-refractivity contribution in [2.24, 2.45) is 13.0 Å². The molecule has 0 saturated carbocycles. The molecule has 2 atom stereocenters. The molecule has 2 amide bonds. The van der Waals surface area contributed by atoms with Gasteiger partial charge >= 0.3 is 0 Å². The van der Waals surface area contributed by atoms with Crippen LogP contribution in [0.1, 0.15) is 62.9 Å². The van der Waals surface area contributed by atoms with Crippen LogP contribution >= 0.6 is 11.3 Å². The highest BCUT2D eigenvalue weighted by atomic mass is 32.1. The Hall–Kier alpha value is -1.86. The van der Waals surface area contributed by atoms with E-state index in [0.717, 1.165) is 48.3 Å². The van der Waals surface area contributed by atoms with Gasteiger partial charge in [0.05, 0.1) is 10.2 Å². The number of hydrogen-bond acceptors (Lipinski definition) is 4. The lowest BCUT2D eigenvalue weighted by molar-refractivity contribution is -0.126. The van der Waals surface area contributed by atoms with Gasteiger partial charge in [0.15, 0.2) is 0 Å². The number of nitrogens with zero attached hydrogens (tertiary/aromatic N) is 3. The van der Waals surface area contributed by atoms with Crippen LogP contribution in [0.4, 0.5) is 0 Å². The second-order valence-electron chi connectivity index (χ2n) is 9.34. The molecular formula is C24H36N4O2S. The van der Waals surface area contributed by atoms with Gasteiger partial charge in [0, 0.05) is 51.2 Å². The van der Waals surface area contributed by atoms with Crippen molar-refractivity contribution >= 4 is 33.4 Å². The summed E-state index contributed by atoms with van der Waals surface area (Å²) >= 11 is 1.66. The van der Waals surface area contributed by atoms with Gasteiger partial charge in [-0.05, 0) is 63.5 Å². The molecule has 31 heavy (non-hydrogen) atoms. The summed E-state index contributed by atoms with van der Waals surface area (Å²) in [7, 11) is 1.95. The second kappa shape index (κ2) is 9.74. The van der Waals surface area contributed by atoms with Crippen molar-refractivity contribution in [3.8, 4) is 0 Å². The Morgan fingerprint density at radius 2 is 1.84 bits per heavy atom. The molecule has 0 radical (unpaired) electrons. The lowest BCUT2D eigenvalue weighted by Crippen LogP contribution is -2.45. The molecule has 2 aromatic rings. The molecule has 6 nitrogen and oxygen atoms in total. The monoisotopic (exact) mass is 444 g/mol. The Morgan fingerprint density at radius 1 is 1.13 bits per heavy atom. The summed E-state index contributed by atoms with van der Waals surface area (Å²) in [4.78, 5) is 30.1. The maximum Gasteiger partial charge on any atom is 0.270 e. The van der Waals surface area contributed by atoms with E-state index in [1.807, 2.05) is 22.6 Å². The summed E-state index contributed by atoms with van der Waals surface area (Å²) < 4.78 is 3.13. The number of amides is 2. The van der Waals surface area contributed by atoms with Gasteiger partial charge in [-0.25, -0.2) is 0 Å². The SMILES string of the molecule is CC1CCCC(C)N1CCCNC(=O)C1CCN(C(=O)c2cc3sccc3n2C)CC1. The van der Waals surface area contributed by atoms with Gasteiger partial charge in [0.1, 0.15) is 5.69 Å². The van der Waals surface area contributed by atoms with E-state index in [1.165, 1.54) is 19.3 Å². The summed E-state index contributed by atoms with van der Waals surface area (Å²) in [5.74, 6) is 0.259. The van der Waals surface area contributed by atoms with Crippen LogP contribution in [0.25, 0.3) is 10.2 Å². The number of rotatable bonds is 6. The fraction of sp³-hybridized carbons (Fsp3) is 0.667. The van der Waals surface area contributed by atoms with Gasteiger partial charge in [-0.2, -0.15) is 0 Å². The largest absolute Gasteiger partial charge is 0.356 e. The van der Waals surface area contributed by atoms with Gasteiger partial charge in [-0.3, -0.25) is 14.5 Å². The van der Waals surface area contributed by atoms with E-state index in [0.29, 0.717) is 25.2 Å². The molecule has 170 valence electrons. The zero-order chi connectivity index (χ0) is 22.0. The highest BCUT2D eigenvalue weighted by Gasteiger charge is 2.29. The Kier molecular flexibility index (Phi) is 7.02. The van der Waals surface area contributed by atoms with Gasteiger partial charge in [-0.15, -0.1) is 11.3 Å². The van der Waals surface area contributed by atoms with E-state index in [1.54, 1.807) is 11.3 Å². The summed E-state index contributed by atoms with van der Waals surface area (Å²) in [6.07, 6.45) is 6.40. The number of thiophene rings is 1. The normalized spacial score (nSPS) is 23.4. The number of hydrogen-bond donors (Lipinski definition) is 1. The van der Waals surface area contributed by atoms with Crippen LogP contribution in [0.2, 0.25) is 0 Å². The molecule has 2 aliphatic heterocycles. The third-order valence-electron chi connectivity index (χ3n) is 7.30. The first-order valence-electron chi connectivity index (χ1n) is 11.8. The van der Waals surface area contributed by atoms with E-state index in [2.05, 4.69) is 35.5 Å². The number of aryl methyl sites for hydroxylation is 1. The zero-order valence-electron chi connectivity index (χ0n) is 19.1. The van der Waals surface area contributed by atoms with Crippen molar-refractivity contribution in [3.05, 3.63) is 23.2 Å². The number of nitrogens with one attached hydrogen (secondary N) is 1. The molecule has 0 aromatic carbocycles. The minimum absolute atomic E-state index is 0.0220. The van der Waals surface area contributed by atoms with Gasteiger partial charge in [0.2, 0.25) is 5.91 Å². The van der Waals surface area contributed by atoms with Gasteiger partial charge in [0.25, 0.3) is 5.91 Å². The number of carbonyl (C=O) groups is 2. The van der Waals surface area contributed by atoms with Crippen LogP contribution in [-0.2, 0) is 11.8 Å². The van der Waals surface area contributed by atoms with E-state index >= 15 is 0 Å². The zero-order valence-corrected chi connectivity index (χ0v) is 19.9. The molecular weight excluding hydrogens is 408 g/mol. The molecule has 2 fully saturated rings. The van der Waals surface area contributed by atoms with Crippen molar-refractivity contribution in [2.75, 3.05) is 26.2 Å². The van der Waals surface area contributed by atoms with Crippen molar-refractivity contribution in [2.45, 2.75) is 64.5 Å². The van der Waals surface area contributed by atoms with Crippen LogP contribution in [-0.4, -0.2) is 64.4 Å². The first kappa shape index (κ1) is 22.3. The number of aromatic nitrogens is 1. The topological polar surface area (TPSA) is 57.6 Å². The van der Waals surface area contributed by atoms with Crippen LogP contribution in [0.3, 0.4) is 0 Å². The first-order valence-corrected chi connectivity index (χ1v) is 12.7. The van der Waals surface area contributed by atoms with Crippen LogP contribution in [0, 0.1) is 5.92 Å². The van der Waals surface area contributed by atoms with Crippen molar-refractivity contribution in [1.29, 1.82) is 0 Å². The quantitative estimate of drug-likeness (QED) is 0.689. The number of carbonyl (C=O) groups excluding carboxylic acids is 2. The minimum atomic E-state index is 0.0220. The van der Waals surface area contributed by atoms with Crippen LogP contribution < -0.4 is 5.32 Å². The smallest absolute Gasteiger partial charge is 0.270 e. The molecule has 7 heteroatoms. The maximum absolute atomic E-state index is 13.0. The molecule has 2 aromatic heterocycles. The maximum atomic E-state index is 13.0. The lowest BCUT2D eigenvalue weighted by atomic mass is 9.95. The minimum Gasteiger partial charge on any atom is -0.356 e. The standard InChI is InChI=1S/C24H36N4O2S/c1-17-6-4-7-18(2)28(17)12-5-11-25-23(29)19-8-13-27(14-9-19)24(30)21-16-22-20(26(21)3)10-15-31-22/h10,15-19H,4-9,11-14H2,1-3H3,(H,25,29). The third kappa shape index (κ3) is 4.82. The molecule has 1 N–H and O–H groups in total. The van der Waals surface area contributed by atoms with E-state index in [4.69, 9.17) is 0 Å². The Labute approximate surface area is 189 Å². The molecule has 0 aliphatic carbocycles. The molecule has 2 unspecified atom stereocenters. The predicted molar refractivity (Wildman–Crippen MR) is 127 cm³/mol. The average Bonchev–Trinajstić information content (AvgIpc) is 3.35. The van der Waals surface area contributed by atoms with Crippen molar-refractivity contribution in [1.82, 2.24) is 19.7 Å². The molecule has 4 rings (SSSR count). The summed E-state index contributed by atoms with van der Waals surface area (Å²) in [6, 6.07) is 5.35. The van der Waals surface area contributed by atoms with Crippen LogP contribution in [0.15, 0.2) is 17.5 Å². The number of likely N-dealkylation sites (tertiary alicyclic amines) is 2. The fourth-order valence-corrected chi connectivity index (χ4v) is 6.14. The van der Waals surface area contributed by atoms with Crippen molar-refractivity contribution < 1.29 is 9.59 Å². The molecule has 2 aliphatic rings. The highest BCUT2D eigenvalue weighted by molar-refractivity contribution is 7.17.